The fraction of sp³-hybridized carbons (Fsp3) is 0.500. The minimum atomic E-state index is -0.964. The van der Waals surface area contributed by atoms with Crippen LogP contribution in [-0.2, 0) is 6.42 Å². The van der Waals surface area contributed by atoms with Crippen LogP contribution in [0.2, 0.25) is 0 Å². The molecule has 0 amide bonds. The third-order valence-corrected chi connectivity index (χ3v) is 4.27. The number of hydrogen-bond donors (Lipinski definition) is 5. The van der Waals surface area contributed by atoms with Gasteiger partial charge in [-0.1, -0.05) is 12.8 Å². The number of rotatable bonds is 5. The fourth-order valence-corrected chi connectivity index (χ4v) is 3.11. The summed E-state index contributed by atoms with van der Waals surface area (Å²) in [7, 11) is 0. The van der Waals surface area contributed by atoms with Gasteiger partial charge in [0.2, 0.25) is 0 Å². The van der Waals surface area contributed by atoms with E-state index in [0.717, 1.165) is 32.1 Å². The van der Waals surface area contributed by atoms with Crippen LogP contribution in [-0.4, -0.2) is 28.2 Å². The van der Waals surface area contributed by atoms with Gasteiger partial charge in [0, 0.05) is 5.69 Å². The minimum absolute atomic E-state index is 0.184. The van der Waals surface area contributed by atoms with Gasteiger partial charge in [0.1, 0.15) is 0 Å². The molecule has 0 saturated heterocycles. The number of aliphatic hydroxyl groups excluding tert-OH is 1. The van der Waals surface area contributed by atoms with Crippen molar-refractivity contribution in [2.45, 2.75) is 44.6 Å². The molecule has 1 aliphatic carbocycles. The molecule has 1 aliphatic rings. The monoisotopic (exact) mass is 305 g/mol. The summed E-state index contributed by atoms with van der Waals surface area (Å²) < 4.78 is 0. The summed E-state index contributed by atoms with van der Waals surface area (Å²) in [5, 5.41) is 29.2. The number of aryl methyl sites for hydroxylation is 1. The lowest BCUT2D eigenvalue weighted by Crippen LogP contribution is -2.25. The second-order valence-corrected chi connectivity index (χ2v) is 5.87. The van der Waals surface area contributed by atoms with Gasteiger partial charge in [0.05, 0.1) is 11.7 Å². The fourth-order valence-electron chi connectivity index (χ4n) is 3.11. The Morgan fingerprint density at radius 1 is 1.36 bits per heavy atom. The van der Waals surface area contributed by atoms with Crippen molar-refractivity contribution in [3.8, 4) is 0 Å². The van der Waals surface area contributed by atoms with Crippen LogP contribution >= 0.6 is 0 Å². The molecule has 2 rings (SSSR count). The van der Waals surface area contributed by atoms with Crippen LogP contribution in [0.1, 0.15) is 48.0 Å². The van der Waals surface area contributed by atoms with Gasteiger partial charge in [0.15, 0.2) is 5.96 Å². The molecule has 120 valence electrons. The first-order chi connectivity index (χ1) is 10.5. The van der Waals surface area contributed by atoms with E-state index in [-0.39, 0.29) is 23.5 Å². The summed E-state index contributed by atoms with van der Waals surface area (Å²) in [5.74, 6) is -0.912. The Kier molecular flexibility index (Phi) is 5.38. The molecule has 0 aliphatic heterocycles. The summed E-state index contributed by atoms with van der Waals surface area (Å²) in [6.07, 6.45) is 5.11. The topological polar surface area (TPSA) is 119 Å². The molecule has 2 atom stereocenters. The normalized spacial score (nSPS) is 21.3. The van der Waals surface area contributed by atoms with Gasteiger partial charge in [-0.15, -0.1) is 0 Å². The van der Waals surface area contributed by atoms with E-state index in [1.54, 1.807) is 12.1 Å². The molecular formula is C16H23N3O3. The molecule has 1 fully saturated rings. The number of aliphatic hydroxyl groups is 1. The van der Waals surface area contributed by atoms with Crippen molar-refractivity contribution in [2.24, 2.45) is 11.7 Å². The van der Waals surface area contributed by atoms with E-state index in [1.165, 1.54) is 6.07 Å². The van der Waals surface area contributed by atoms with Gasteiger partial charge in [-0.05, 0) is 55.4 Å². The highest BCUT2D eigenvalue weighted by atomic mass is 16.4. The molecule has 1 saturated carbocycles. The van der Waals surface area contributed by atoms with E-state index in [9.17, 15) is 15.0 Å². The van der Waals surface area contributed by atoms with Crippen LogP contribution in [0.3, 0.4) is 0 Å². The summed E-state index contributed by atoms with van der Waals surface area (Å²) >= 11 is 0. The van der Waals surface area contributed by atoms with Crippen LogP contribution in [0.4, 0.5) is 5.69 Å². The van der Waals surface area contributed by atoms with E-state index in [0.29, 0.717) is 17.7 Å². The van der Waals surface area contributed by atoms with Crippen molar-refractivity contribution in [3.63, 3.8) is 0 Å². The van der Waals surface area contributed by atoms with E-state index in [1.807, 2.05) is 0 Å². The predicted molar refractivity (Wildman–Crippen MR) is 85.2 cm³/mol. The van der Waals surface area contributed by atoms with Crippen LogP contribution in [0, 0.1) is 11.3 Å². The maximum atomic E-state index is 11.3. The first-order valence-electron chi connectivity index (χ1n) is 7.62. The van der Waals surface area contributed by atoms with E-state index < -0.39 is 5.97 Å². The Morgan fingerprint density at radius 2 is 2.09 bits per heavy atom. The molecule has 2 unspecified atom stereocenters. The molecule has 1 aromatic carbocycles. The van der Waals surface area contributed by atoms with Crippen LogP contribution < -0.4 is 11.1 Å². The third-order valence-electron chi connectivity index (χ3n) is 4.27. The molecule has 6 nitrogen and oxygen atoms in total. The molecule has 6 N–H and O–H groups in total. The van der Waals surface area contributed by atoms with Gasteiger partial charge in [0.25, 0.3) is 0 Å². The Bertz CT molecular complexity index is 560. The van der Waals surface area contributed by atoms with Crippen molar-refractivity contribution < 1.29 is 15.0 Å². The maximum absolute atomic E-state index is 11.3. The smallest absolute Gasteiger partial charge is 0.335 e. The molecule has 0 radical (unpaired) electrons. The highest BCUT2D eigenvalue weighted by Crippen LogP contribution is 2.29. The van der Waals surface area contributed by atoms with Gasteiger partial charge in [-0.3, -0.25) is 5.41 Å². The third kappa shape index (κ3) is 4.21. The lowest BCUT2D eigenvalue weighted by atomic mass is 9.82. The summed E-state index contributed by atoms with van der Waals surface area (Å²) in [4.78, 5) is 11.3. The first kappa shape index (κ1) is 16.3. The van der Waals surface area contributed by atoms with Crippen molar-refractivity contribution in [2.75, 3.05) is 5.32 Å². The van der Waals surface area contributed by atoms with Gasteiger partial charge < -0.3 is 21.3 Å². The first-order valence-corrected chi connectivity index (χ1v) is 7.62. The standard InChI is InChI=1S/C16H23N3O3/c17-16(18)19-12-7-8-13(15(21)22)11(9-12)6-5-10-3-1-2-4-14(10)20/h7-10,14,20H,1-6H2,(H,21,22)(H4,17,18,19). The molecule has 0 spiro atoms. The molecular weight excluding hydrogens is 282 g/mol. The zero-order chi connectivity index (χ0) is 16.1. The summed E-state index contributed by atoms with van der Waals surface area (Å²) in [6, 6.07) is 4.85. The number of aromatic carboxylic acids is 1. The molecule has 22 heavy (non-hydrogen) atoms. The van der Waals surface area contributed by atoms with Gasteiger partial charge >= 0.3 is 5.97 Å². The van der Waals surface area contributed by atoms with Crippen molar-refractivity contribution in [3.05, 3.63) is 29.3 Å². The average molecular weight is 305 g/mol. The molecule has 1 aromatic rings. The molecule has 6 heteroatoms. The number of hydrogen-bond acceptors (Lipinski definition) is 3. The number of benzene rings is 1. The summed E-state index contributed by atoms with van der Waals surface area (Å²) in [6.45, 7) is 0. The summed E-state index contributed by atoms with van der Waals surface area (Å²) in [5.41, 5.74) is 6.88. The van der Waals surface area contributed by atoms with E-state index >= 15 is 0 Å². The number of carbonyl (C=O) groups is 1. The Labute approximate surface area is 129 Å². The number of nitrogens with two attached hydrogens (primary N) is 1. The van der Waals surface area contributed by atoms with E-state index in [2.05, 4.69) is 5.32 Å². The quantitative estimate of drug-likeness (QED) is 0.422. The Balaban J connectivity index is 2.12. The lowest BCUT2D eigenvalue weighted by Gasteiger charge is -2.27. The maximum Gasteiger partial charge on any atom is 0.335 e. The number of carboxylic acid groups (broad SMARTS) is 1. The lowest BCUT2D eigenvalue weighted by molar-refractivity contribution is 0.0652. The van der Waals surface area contributed by atoms with Crippen molar-refractivity contribution >= 4 is 17.6 Å². The van der Waals surface area contributed by atoms with Gasteiger partial charge in [-0.25, -0.2) is 4.79 Å². The second kappa shape index (κ2) is 7.26. The second-order valence-electron chi connectivity index (χ2n) is 5.87. The molecule has 0 bridgehead atoms. The minimum Gasteiger partial charge on any atom is -0.478 e. The molecule has 0 heterocycles. The highest BCUT2D eigenvalue weighted by Gasteiger charge is 2.23. The van der Waals surface area contributed by atoms with Gasteiger partial charge in [-0.2, -0.15) is 0 Å². The number of anilines is 1. The predicted octanol–water partition coefficient (Wildman–Crippen LogP) is 2.17. The molecule has 0 aromatic heterocycles. The Hall–Kier alpha value is -2.08. The number of nitrogens with one attached hydrogen (secondary N) is 2. The van der Waals surface area contributed by atoms with E-state index in [4.69, 9.17) is 11.1 Å². The van der Waals surface area contributed by atoms with Crippen molar-refractivity contribution in [1.82, 2.24) is 0 Å². The highest BCUT2D eigenvalue weighted by molar-refractivity contribution is 5.93. The van der Waals surface area contributed by atoms with Crippen LogP contribution in [0.25, 0.3) is 0 Å². The zero-order valence-electron chi connectivity index (χ0n) is 12.5. The average Bonchev–Trinajstić information content (AvgIpc) is 2.45. The number of carboxylic acids is 1. The largest absolute Gasteiger partial charge is 0.478 e. The Morgan fingerprint density at radius 3 is 2.73 bits per heavy atom. The van der Waals surface area contributed by atoms with Crippen LogP contribution in [0.5, 0.6) is 0 Å². The van der Waals surface area contributed by atoms with Crippen LogP contribution in [0.15, 0.2) is 18.2 Å². The zero-order valence-corrected chi connectivity index (χ0v) is 12.5. The van der Waals surface area contributed by atoms with Crippen molar-refractivity contribution in [1.29, 1.82) is 5.41 Å². The number of guanidine groups is 1. The SMILES string of the molecule is N=C(N)Nc1ccc(C(=O)O)c(CCC2CCCCC2O)c1.